The van der Waals surface area contributed by atoms with Crippen LogP contribution in [0, 0.1) is 6.92 Å². The summed E-state index contributed by atoms with van der Waals surface area (Å²) >= 11 is 0. The lowest BCUT2D eigenvalue weighted by atomic mass is 9.79. The Morgan fingerprint density at radius 2 is 1.36 bits per heavy atom. The summed E-state index contributed by atoms with van der Waals surface area (Å²) in [5.74, 6) is -0.220. The second-order valence-electron chi connectivity index (χ2n) is 6.38. The molecular formula is C23H30O2. The maximum atomic E-state index is 12.8. The minimum atomic E-state index is -0.220. The van der Waals surface area contributed by atoms with Gasteiger partial charge in [-0.15, -0.1) is 0 Å². The van der Waals surface area contributed by atoms with Gasteiger partial charge >= 0.3 is 5.97 Å². The Kier molecular flexibility index (Phi) is 6.41. The van der Waals surface area contributed by atoms with Crippen LogP contribution in [0.3, 0.4) is 0 Å². The van der Waals surface area contributed by atoms with Gasteiger partial charge in [-0.1, -0.05) is 52.0 Å². The number of benzene rings is 2. The van der Waals surface area contributed by atoms with Crippen molar-refractivity contribution in [1.29, 1.82) is 0 Å². The minimum absolute atomic E-state index is 0.220. The summed E-state index contributed by atoms with van der Waals surface area (Å²) < 4.78 is 5.21. The third-order valence-electron chi connectivity index (χ3n) is 5.16. The van der Waals surface area contributed by atoms with Crippen molar-refractivity contribution in [3.05, 3.63) is 57.6 Å². The molecular weight excluding hydrogens is 308 g/mol. The molecule has 2 nitrogen and oxygen atoms in total. The van der Waals surface area contributed by atoms with Crippen LogP contribution in [0.1, 0.15) is 65.9 Å². The van der Waals surface area contributed by atoms with E-state index in [4.69, 9.17) is 4.74 Å². The lowest BCUT2D eigenvalue weighted by molar-refractivity contribution is 0.0600. The molecule has 25 heavy (non-hydrogen) atoms. The Bertz CT molecular complexity index is 772. The zero-order valence-electron chi connectivity index (χ0n) is 16.5. The Hall–Kier alpha value is -2.09. The molecule has 0 N–H and O–H groups in total. The molecule has 2 aromatic rings. The van der Waals surface area contributed by atoms with Crippen molar-refractivity contribution in [2.45, 2.75) is 60.3 Å². The number of ether oxygens (including phenoxy) is 1. The summed E-state index contributed by atoms with van der Waals surface area (Å²) in [6.07, 6.45) is 3.67. The second kappa shape index (κ2) is 8.33. The number of rotatable bonds is 6. The number of carbonyl (C=O) groups is 1. The average molecular weight is 338 g/mol. The van der Waals surface area contributed by atoms with Crippen LogP contribution < -0.4 is 0 Å². The molecule has 0 atom stereocenters. The highest BCUT2D eigenvalue weighted by Crippen LogP contribution is 2.38. The van der Waals surface area contributed by atoms with Gasteiger partial charge in [0, 0.05) is 5.56 Å². The predicted molar refractivity (Wildman–Crippen MR) is 105 cm³/mol. The maximum absolute atomic E-state index is 12.8. The van der Waals surface area contributed by atoms with Crippen LogP contribution in [0.25, 0.3) is 11.1 Å². The summed E-state index contributed by atoms with van der Waals surface area (Å²) in [7, 11) is 1.48. The molecule has 0 bridgehead atoms. The van der Waals surface area contributed by atoms with E-state index in [1.54, 1.807) is 0 Å². The van der Waals surface area contributed by atoms with Crippen molar-refractivity contribution in [3.63, 3.8) is 0 Å². The van der Waals surface area contributed by atoms with Crippen LogP contribution in [-0.2, 0) is 30.4 Å². The van der Waals surface area contributed by atoms with Crippen LogP contribution in [0.4, 0.5) is 0 Å². The SMILES string of the molecule is CCc1c(CC)c(CC)c(-c2ccccc2C)c(C(=O)OC)c1CC. The van der Waals surface area contributed by atoms with E-state index in [1.807, 2.05) is 12.1 Å². The fourth-order valence-electron chi connectivity index (χ4n) is 4.08. The van der Waals surface area contributed by atoms with E-state index in [2.05, 4.69) is 46.8 Å². The van der Waals surface area contributed by atoms with E-state index in [0.717, 1.165) is 47.9 Å². The maximum Gasteiger partial charge on any atom is 0.338 e. The van der Waals surface area contributed by atoms with Crippen LogP contribution in [0.15, 0.2) is 24.3 Å². The fraction of sp³-hybridized carbons (Fsp3) is 0.435. The molecule has 0 aromatic heterocycles. The highest BCUT2D eigenvalue weighted by Gasteiger charge is 2.26. The van der Waals surface area contributed by atoms with Crippen molar-refractivity contribution in [1.82, 2.24) is 0 Å². The molecule has 134 valence electrons. The monoisotopic (exact) mass is 338 g/mol. The van der Waals surface area contributed by atoms with E-state index >= 15 is 0 Å². The quantitative estimate of drug-likeness (QED) is 0.632. The second-order valence-corrected chi connectivity index (χ2v) is 6.38. The van der Waals surface area contributed by atoms with Gasteiger partial charge in [0.15, 0.2) is 0 Å². The molecule has 0 radical (unpaired) electrons. The number of methoxy groups -OCH3 is 1. The van der Waals surface area contributed by atoms with E-state index < -0.39 is 0 Å². The molecule has 0 spiro atoms. The van der Waals surface area contributed by atoms with Gasteiger partial charge in [0.05, 0.1) is 12.7 Å². The fourth-order valence-corrected chi connectivity index (χ4v) is 4.08. The van der Waals surface area contributed by atoms with E-state index in [9.17, 15) is 4.79 Å². The van der Waals surface area contributed by atoms with Crippen molar-refractivity contribution in [2.75, 3.05) is 7.11 Å². The molecule has 0 aliphatic heterocycles. The normalized spacial score (nSPS) is 10.8. The predicted octanol–water partition coefficient (Wildman–Crippen LogP) is 5.70. The minimum Gasteiger partial charge on any atom is -0.465 e. The molecule has 0 unspecified atom stereocenters. The van der Waals surface area contributed by atoms with E-state index in [1.165, 1.54) is 29.4 Å². The summed E-state index contributed by atoms with van der Waals surface area (Å²) in [5, 5.41) is 0. The van der Waals surface area contributed by atoms with Crippen LogP contribution >= 0.6 is 0 Å². The smallest absolute Gasteiger partial charge is 0.338 e. The van der Waals surface area contributed by atoms with Crippen LogP contribution in [-0.4, -0.2) is 13.1 Å². The molecule has 0 heterocycles. The molecule has 0 fully saturated rings. The molecule has 0 saturated heterocycles. The van der Waals surface area contributed by atoms with Crippen molar-refractivity contribution in [2.24, 2.45) is 0 Å². The average Bonchev–Trinajstić information content (AvgIpc) is 2.65. The van der Waals surface area contributed by atoms with Gasteiger partial charge < -0.3 is 4.74 Å². The Morgan fingerprint density at radius 1 is 0.840 bits per heavy atom. The van der Waals surface area contributed by atoms with E-state index in [0.29, 0.717) is 0 Å². The van der Waals surface area contributed by atoms with Gasteiger partial charge in [-0.2, -0.15) is 0 Å². The van der Waals surface area contributed by atoms with Gasteiger partial charge in [0.1, 0.15) is 0 Å². The molecule has 0 saturated carbocycles. The zero-order valence-corrected chi connectivity index (χ0v) is 16.5. The third kappa shape index (κ3) is 3.35. The van der Waals surface area contributed by atoms with Crippen molar-refractivity contribution < 1.29 is 9.53 Å². The van der Waals surface area contributed by atoms with Crippen LogP contribution in [0.2, 0.25) is 0 Å². The lowest BCUT2D eigenvalue weighted by Gasteiger charge is -2.25. The first kappa shape index (κ1) is 19.2. The molecule has 2 aromatic carbocycles. The topological polar surface area (TPSA) is 26.3 Å². The summed E-state index contributed by atoms with van der Waals surface area (Å²) in [5.41, 5.74) is 9.38. The van der Waals surface area contributed by atoms with Crippen molar-refractivity contribution in [3.8, 4) is 11.1 Å². The Balaban J connectivity index is 3.06. The Morgan fingerprint density at radius 3 is 1.84 bits per heavy atom. The summed E-state index contributed by atoms with van der Waals surface area (Å²) in [6, 6.07) is 8.33. The van der Waals surface area contributed by atoms with Gasteiger partial charge in [0.2, 0.25) is 0 Å². The van der Waals surface area contributed by atoms with Crippen molar-refractivity contribution >= 4 is 5.97 Å². The first-order valence-electron chi connectivity index (χ1n) is 9.39. The number of hydrogen-bond donors (Lipinski definition) is 0. The van der Waals surface area contributed by atoms with Gasteiger partial charge in [0.25, 0.3) is 0 Å². The van der Waals surface area contributed by atoms with Gasteiger partial charge in [-0.25, -0.2) is 4.79 Å². The lowest BCUT2D eigenvalue weighted by Crippen LogP contribution is -2.15. The molecule has 0 amide bonds. The van der Waals surface area contributed by atoms with Crippen LogP contribution in [0.5, 0.6) is 0 Å². The molecule has 0 aliphatic rings. The number of esters is 1. The summed E-state index contributed by atoms with van der Waals surface area (Å²) in [6.45, 7) is 10.8. The van der Waals surface area contributed by atoms with Gasteiger partial charge in [-0.3, -0.25) is 0 Å². The molecule has 2 heteroatoms. The zero-order chi connectivity index (χ0) is 18.6. The molecule has 0 aliphatic carbocycles. The molecule has 2 rings (SSSR count). The largest absolute Gasteiger partial charge is 0.465 e. The number of hydrogen-bond acceptors (Lipinski definition) is 2. The first-order chi connectivity index (χ1) is 12.0. The standard InChI is InChI=1S/C23H30O2/c1-7-16-17(8-2)19(10-4)22(23(24)25-6)21(18(16)9-3)20-14-12-11-13-15(20)5/h11-14H,7-10H2,1-6H3. The third-order valence-corrected chi connectivity index (χ3v) is 5.16. The highest BCUT2D eigenvalue weighted by atomic mass is 16.5. The number of carbonyl (C=O) groups excluding carboxylic acids is 1. The van der Waals surface area contributed by atoms with E-state index in [-0.39, 0.29) is 5.97 Å². The first-order valence-corrected chi connectivity index (χ1v) is 9.39. The van der Waals surface area contributed by atoms with Gasteiger partial charge in [-0.05, 0) is 66.0 Å². The highest BCUT2D eigenvalue weighted by molar-refractivity contribution is 6.01. The Labute approximate surface area is 152 Å². The summed E-state index contributed by atoms with van der Waals surface area (Å²) in [4.78, 5) is 12.8. The number of aryl methyl sites for hydroxylation is 1.